The van der Waals surface area contributed by atoms with Crippen molar-refractivity contribution in [3.63, 3.8) is 0 Å². The van der Waals surface area contributed by atoms with E-state index in [0.717, 1.165) is 5.56 Å². The molecule has 2 aromatic rings. The van der Waals surface area contributed by atoms with E-state index in [2.05, 4.69) is 0 Å². The Labute approximate surface area is 190 Å². The van der Waals surface area contributed by atoms with Crippen LogP contribution in [0.3, 0.4) is 0 Å². The Kier molecular flexibility index (Phi) is 5.86. The third kappa shape index (κ3) is 2.95. The summed E-state index contributed by atoms with van der Waals surface area (Å²) in [6, 6.07) is 12.4. The third-order valence-electron chi connectivity index (χ3n) is 7.24. The number of rotatable bonds is 7. The molecule has 0 radical (unpaired) electrons. The summed E-state index contributed by atoms with van der Waals surface area (Å²) in [7, 11) is 0. The van der Waals surface area contributed by atoms with Crippen molar-refractivity contribution >= 4 is 5.97 Å². The fourth-order valence-electron chi connectivity index (χ4n) is 5.62. The van der Waals surface area contributed by atoms with Crippen LogP contribution < -0.4 is 0 Å². The monoisotopic (exact) mass is 460 g/mol. The second-order valence-corrected chi connectivity index (χ2v) is 8.86. The van der Waals surface area contributed by atoms with Gasteiger partial charge in [0.1, 0.15) is 29.5 Å². The highest BCUT2D eigenvalue weighted by Crippen LogP contribution is 2.75. The van der Waals surface area contributed by atoms with Gasteiger partial charge in [-0.1, -0.05) is 42.0 Å². The molecule has 0 saturated heterocycles. The van der Waals surface area contributed by atoms with Crippen molar-refractivity contribution in [2.45, 2.75) is 47.8 Å². The quantitative estimate of drug-likeness (QED) is 0.255. The molecule has 0 bridgehead atoms. The highest BCUT2D eigenvalue weighted by atomic mass is 16.5. The summed E-state index contributed by atoms with van der Waals surface area (Å²) in [5, 5.41) is 74.4. The van der Waals surface area contributed by atoms with Crippen LogP contribution in [0.1, 0.15) is 38.9 Å². The van der Waals surface area contributed by atoms with Gasteiger partial charge < -0.3 is 40.5 Å². The lowest BCUT2D eigenvalue weighted by Crippen LogP contribution is -2.99. The van der Waals surface area contributed by atoms with Gasteiger partial charge in [-0.15, -0.1) is 0 Å². The molecule has 2 aromatic carbocycles. The second-order valence-electron chi connectivity index (χ2n) is 8.86. The molecule has 7 N–H and O–H groups in total. The van der Waals surface area contributed by atoms with Crippen LogP contribution >= 0.6 is 0 Å². The minimum absolute atomic E-state index is 0.145. The number of hydrogen-bond donors (Lipinski definition) is 7. The molecule has 178 valence electrons. The Hall–Kier alpha value is -2.37. The average Bonchev–Trinajstić information content (AvgIpc) is 2.83. The smallest absolute Gasteiger partial charge is 0.338 e. The van der Waals surface area contributed by atoms with Gasteiger partial charge in [-0.05, 0) is 30.2 Å². The van der Waals surface area contributed by atoms with Gasteiger partial charge in [0.15, 0.2) is 0 Å². The fourth-order valence-corrected chi connectivity index (χ4v) is 5.62. The number of benzene rings is 2. The number of esters is 1. The zero-order valence-electron chi connectivity index (χ0n) is 18.0. The van der Waals surface area contributed by atoms with E-state index in [9.17, 15) is 35.4 Å². The Balaban J connectivity index is 1.73. The molecular weight excluding hydrogens is 432 g/mol. The van der Waals surface area contributed by atoms with Gasteiger partial charge in [-0.2, -0.15) is 0 Å². The summed E-state index contributed by atoms with van der Waals surface area (Å²) in [5.41, 5.74) is -5.19. The first-order chi connectivity index (χ1) is 15.6. The first kappa shape index (κ1) is 23.8. The molecule has 0 spiro atoms. The van der Waals surface area contributed by atoms with Crippen molar-refractivity contribution in [2.24, 2.45) is 0 Å². The van der Waals surface area contributed by atoms with Gasteiger partial charge >= 0.3 is 5.97 Å². The number of carbonyl (C=O) groups excluding carboxylic acids is 1. The van der Waals surface area contributed by atoms with Gasteiger partial charge in [0.05, 0.1) is 30.8 Å². The largest absolute Gasteiger partial charge is 0.460 e. The predicted octanol–water partition coefficient (Wildman–Crippen LogP) is -1.05. The van der Waals surface area contributed by atoms with E-state index in [4.69, 9.17) is 9.84 Å². The van der Waals surface area contributed by atoms with Crippen molar-refractivity contribution in [1.29, 1.82) is 0 Å². The minimum Gasteiger partial charge on any atom is -0.460 e. The van der Waals surface area contributed by atoms with Crippen molar-refractivity contribution in [3.05, 3.63) is 70.8 Å². The molecule has 33 heavy (non-hydrogen) atoms. The molecule has 3 unspecified atom stereocenters. The van der Waals surface area contributed by atoms with Crippen LogP contribution in [0.2, 0.25) is 0 Å². The van der Waals surface area contributed by atoms with Gasteiger partial charge in [0.25, 0.3) is 0 Å². The van der Waals surface area contributed by atoms with Gasteiger partial charge in [-0.25, -0.2) is 4.79 Å². The number of ether oxygens (including phenoxy) is 1. The number of hydrogen-bond acceptors (Lipinski definition) is 9. The average molecular weight is 460 g/mol. The van der Waals surface area contributed by atoms with Crippen molar-refractivity contribution in [2.75, 3.05) is 19.8 Å². The van der Waals surface area contributed by atoms with Crippen LogP contribution in [-0.4, -0.2) is 90.5 Å². The Morgan fingerprint density at radius 2 is 1.58 bits per heavy atom. The van der Waals surface area contributed by atoms with Crippen LogP contribution in [0.25, 0.3) is 0 Å². The SMILES string of the molecule is Cc1ccc(C2C(O)[C@@]3(O)C(c4ccc(C(=O)OCCO)cc4)[C@@](O)([C@H](O)CO)[C@@]23O)cc1. The maximum Gasteiger partial charge on any atom is 0.338 e. The molecule has 4 rings (SSSR count). The van der Waals surface area contributed by atoms with E-state index in [1.807, 2.05) is 6.92 Å². The summed E-state index contributed by atoms with van der Waals surface area (Å²) in [6.45, 7) is 0.461. The third-order valence-corrected chi connectivity index (χ3v) is 7.24. The first-order valence-electron chi connectivity index (χ1n) is 10.7. The van der Waals surface area contributed by atoms with Crippen LogP contribution in [0.15, 0.2) is 48.5 Å². The van der Waals surface area contributed by atoms with E-state index in [1.165, 1.54) is 24.3 Å². The summed E-state index contributed by atoms with van der Waals surface area (Å²) < 4.78 is 4.85. The maximum atomic E-state index is 12.0. The zero-order valence-corrected chi connectivity index (χ0v) is 18.0. The van der Waals surface area contributed by atoms with Gasteiger partial charge in [0.2, 0.25) is 0 Å². The molecule has 0 amide bonds. The van der Waals surface area contributed by atoms with Crippen LogP contribution in [-0.2, 0) is 4.74 Å². The molecule has 0 heterocycles. The van der Waals surface area contributed by atoms with Crippen molar-refractivity contribution < 1.29 is 45.3 Å². The standard InChI is InChI=1S/C24H28O9/c1-13-2-4-14(5-3-13)18-20(28)23(31)19(22(30,17(27)12-26)24(18,23)32)15-6-8-16(9-7-15)21(29)33-11-10-25/h2-9,17-20,25-28,30-32H,10-12H2,1H3/t17-,18?,19?,20?,22+,23+,24+/m1/s1. The number of carbonyl (C=O) groups is 1. The molecule has 0 aromatic heterocycles. The maximum absolute atomic E-state index is 12.0. The molecule has 0 aliphatic heterocycles. The normalized spacial score (nSPS) is 35.7. The summed E-state index contributed by atoms with van der Waals surface area (Å²) in [5.74, 6) is -3.16. The molecule has 2 aliphatic carbocycles. The zero-order chi connectivity index (χ0) is 24.2. The van der Waals surface area contributed by atoms with E-state index in [-0.39, 0.29) is 24.3 Å². The van der Waals surface area contributed by atoms with E-state index in [1.54, 1.807) is 24.3 Å². The predicted molar refractivity (Wildman–Crippen MR) is 114 cm³/mol. The number of aliphatic hydroxyl groups excluding tert-OH is 4. The highest BCUT2D eigenvalue weighted by Gasteiger charge is 2.93. The first-order valence-corrected chi connectivity index (χ1v) is 10.7. The molecule has 2 fully saturated rings. The van der Waals surface area contributed by atoms with E-state index in [0.29, 0.717) is 5.56 Å². The minimum atomic E-state index is -2.40. The highest BCUT2D eigenvalue weighted by molar-refractivity contribution is 5.89. The van der Waals surface area contributed by atoms with Crippen LogP contribution in [0.4, 0.5) is 0 Å². The molecule has 2 saturated carbocycles. The molecule has 9 nitrogen and oxygen atoms in total. The summed E-state index contributed by atoms with van der Waals surface area (Å²) in [4.78, 5) is 12.0. The number of aliphatic hydroxyl groups is 7. The Morgan fingerprint density at radius 3 is 2.12 bits per heavy atom. The lowest BCUT2D eigenvalue weighted by atomic mass is 9.30. The van der Waals surface area contributed by atoms with Crippen LogP contribution in [0, 0.1) is 6.92 Å². The fraction of sp³-hybridized carbons (Fsp3) is 0.458. The molecular formula is C24H28O9. The molecule has 9 heteroatoms. The van der Waals surface area contributed by atoms with E-state index < -0.39 is 53.4 Å². The Morgan fingerprint density at radius 1 is 1.00 bits per heavy atom. The lowest BCUT2D eigenvalue weighted by Gasteiger charge is -2.80. The molecule has 7 atom stereocenters. The van der Waals surface area contributed by atoms with Crippen molar-refractivity contribution in [3.8, 4) is 0 Å². The number of fused-ring (bicyclic) bond motifs is 1. The van der Waals surface area contributed by atoms with E-state index >= 15 is 0 Å². The second kappa shape index (κ2) is 8.14. The van der Waals surface area contributed by atoms with Gasteiger partial charge in [-0.3, -0.25) is 0 Å². The van der Waals surface area contributed by atoms with Gasteiger partial charge in [0, 0.05) is 5.92 Å². The van der Waals surface area contributed by atoms with Crippen molar-refractivity contribution in [1.82, 2.24) is 0 Å². The topological polar surface area (TPSA) is 168 Å². The Bertz CT molecular complexity index is 1020. The number of aryl methyl sites for hydroxylation is 1. The summed E-state index contributed by atoms with van der Waals surface area (Å²) >= 11 is 0. The summed E-state index contributed by atoms with van der Waals surface area (Å²) in [6.07, 6.45) is -3.31. The lowest BCUT2D eigenvalue weighted by molar-refractivity contribution is -0.459. The molecule has 2 aliphatic rings. The van der Waals surface area contributed by atoms with Crippen LogP contribution in [0.5, 0.6) is 0 Å².